The zero-order valence-electron chi connectivity index (χ0n) is 13.8. The van der Waals surface area contributed by atoms with Crippen LogP contribution in [0.2, 0.25) is 0 Å². The standard InChI is InChI=1S/C21H30/c1-16-3-7-18(8-4-16)15-19-9-13-21(14-10-19)20-11-5-17(2)6-12-20/h3-4,7-8,11,17,19,21H,5-6,9-10,12-15H2,1-2H3. The van der Waals surface area contributed by atoms with E-state index in [1.54, 1.807) is 0 Å². The Morgan fingerprint density at radius 1 is 0.952 bits per heavy atom. The molecule has 0 heteroatoms. The SMILES string of the molecule is Cc1ccc(CC2CCC(C3=CCC(C)CC3)CC2)cc1. The first-order valence-corrected chi connectivity index (χ1v) is 8.95. The molecule has 1 atom stereocenters. The molecule has 0 aliphatic heterocycles. The first-order valence-electron chi connectivity index (χ1n) is 8.95. The van der Waals surface area contributed by atoms with Crippen molar-refractivity contribution < 1.29 is 0 Å². The quantitative estimate of drug-likeness (QED) is 0.588. The Labute approximate surface area is 130 Å². The zero-order chi connectivity index (χ0) is 14.7. The Kier molecular flexibility index (Phi) is 4.83. The van der Waals surface area contributed by atoms with Gasteiger partial charge < -0.3 is 0 Å². The molecule has 0 heterocycles. The summed E-state index contributed by atoms with van der Waals surface area (Å²) in [5.74, 6) is 2.77. The molecule has 0 nitrogen and oxygen atoms in total. The molecule has 0 aromatic heterocycles. The minimum absolute atomic E-state index is 0.923. The summed E-state index contributed by atoms with van der Waals surface area (Å²) >= 11 is 0. The molecule has 0 spiro atoms. The van der Waals surface area contributed by atoms with Gasteiger partial charge >= 0.3 is 0 Å². The van der Waals surface area contributed by atoms with E-state index < -0.39 is 0 Å². The maximum absolute atomic E-state index is 2.58. The van der Waals surface area contributed by atoms with Crippen molar-refractivity contribution in [2.75, 3.05) is 0 Å². The molecule has 1 saturated carbocycles. The first-order chi connectivity index (χ1) is 10.2. The molecule has 21 heavy (non-hydrogen) atoms. The Morgan fingerprint density at radius 3 is 2.29 bits per heavy atom. The molecular formula is C21H30. The number of hydrogen-bond acceptors (Lipinski definition) is 0. The molecule has 1 aromatic carbocycles. The summed E-state index contributed by atoms with van der Waals surface area (Å²) < 4.78 is 0. The van der Waals surface area contributed by atoms with Crippen molar-refractivity contribution in [3.8, 4) is 0 Å². The van der Waals surface area contributed by atoms with Crippen molar-refractivity contribution in [1.82, 2.24) is 0 Å². The summed E-state index contributed by atoms with van der Waals surface area (Å²) in [4.78, 5) is 0. The number of hydrogen-bond donors (Lipinski definition) is 0. The van der Waals surface area contributed by atoms with Gasteiger partial charge in [0.05, 0.1) is 0 Å². The lowest BCUT2D eigenvalue weighted by Crippen LogP contribution is -2.19. The summed E-state index contributed by atoms with van der Waals surface area (Å²) in [6, 6.07) is 9.17. The van der Waals surface area contributed by atoms with Gasteiger partial charge in [0.15, 0.2) is 0 Å². The highest BCUT2D eigenvalue weighted by Gasteiger charge is 2.25. The lowest BCUT2D eigenvalue weighted by Gasteiger charge is -2.32. The summed E-state index contributed by atoms with van der Waals surface area (Å²) in [6.07, 6.45) is 13.8. The normalized spacial score (nSPS) is 30.0. The highest BCUT2D eigenvalue weighted by molar-refractivity contribution is 5.22. The zero-order valence-corrected chi connectivity index (χ0v) is 13.8. The average Bonchev–Trinajstić information content (AvgIpc) is 2.51. The summed E-state index contributed by atoms with van der Waals surface area (Å²) in [6.45, 7) is 4.57. The highest BCUT2D eigenvalue weighted by atomic mass is 14.3. The average molecular weight is 282 g/mol. The molecule has 0 amide bonds. The van der Waals surface area contributed by atoms with Gasteiger partial charge in [-0.2, -0.15) is 0 Å². The number of allylic oxidation sites excluding steroid dienone is 2. The van der Waals surface area contributed by atoms with E-state index in [4.69, 9.17) is 0 Å². The molecule has 2 aliphatic carbocycles. The van der Waals surface area contributed by atoms with Crippen LogP contribution in [0.4, 0.5) is 0 Å². The van der Waals surface area contributed by atoms with Crippen LogP contribution in [0, 0.1) is 24.7 Å². The summed E-state index contributed by atoms with van der Waals surface area (Å²) in [5.41, 5.74) is 4.72. The Hall–Kier alpha value is -1.04. The second-order valence-corrected chi connectivity index (χ2v) is 7.57. The minimum Gasteiger partial charge on any atom is -0.0848 e. The fraction of sp³-hybridized carbons (Fsp3) is 0.619. The number of rotatable bonds is 3. The van der Waals surface area contributed by atoms with E-state index in [9.17, 15) is 0 Å². The topological polar surface area (TPSA) is 0 Å². The number of benzene rings is 1. The van der Waals surface area contributed by atoms with Gasteiger partial charge in [0.1, 0.15) is 0 Å². The van der Waals surface area contributed by atoms with E-state index in [2.05, 4.69) is 44.2 Å². The van der Waals surface area contributed by atoms with E-state index in [-0.39, 0.29) is 0 Å². The first kappa shape index (κ1) is 14.9. The van der Waals surface area contributed by atoms with Crippen LogP contribution >= 0.6 is 0 Å². The second kappa shape index (κ2) is 6.81. The van der Waals surface area contributed by atoms with E-state index in [0.717, 1.165) is 17.8 Å². The summed E-state index contributed by atoms with van der Waals surface area (Å²) in [5, 5.41) is 0. The molecule has 0 bridgehead atoms. The lowest BCUT2D eigenvalue weighted by molar-refractivity contribution is 0.290. The molecule has 1 unspecified atom stereocenters. The summed E-state index contributed by atoms with van der Waals surface area (Å²) in [7, 11) is 0. The second-order valence-electron chi connectivity index (χ2n) is 7.57. The molecular weight excluding hydrogens is 252 g/mol. The lowest BCUT2D eigenvalue weighted by atomic mass is 9.73. The maximum atomic E-state index is 2.58. The van der Waals surface area contributed by atoms with Crippen LogP contribution in [0.5, 0.6) is 0 Å². The van der Waals surface area contributed by atoms with E-state index in [1.807, 2.05) is 5.57 Å². The molecule has 3 rings (SSSR count). The largest absolute Gasteiger partial charge is 0.0848 e. The third-order valence-corrected chi connectivity index (χ3v) is 5.72. The van der Waals surface area contributed by atoms with Crippen molar-refractivity contribution >= 4 is 0 Å². The van der Waals surface area contributed by atoms with E-state index in [0.29, 0.717) is 0 Å². The molecule has 0 radical (unpaired) electrons. The van der Waals surface area contributed by atoms with Crippen LogP contribution in [0.3, 0.4) is 0 Å². The van der Waals surface area contributed by atoms with Crippen LogP contribution in [-0.4, -0.2) is 0 Å². The van der Waals surface area contributed by atoms with Crippen molar-refractivity contribution in [1.29, 1.82) is 0 Å². The highest BCUT2D eigenvalue weighted by Crippen LogP contribution is 2.38. The van der Waals surface area contributed by atoms with Gasteiger partial charge in [-0.15, -0.1) is 0 Å². The van der Waals surface area contributed by atoms with Crippen LogP contribution in [-0.2, 0) is 6.42 Å². The number of aryl methyl sites for hydroxylation is 1. The molecule has 2 aliphatic rings. The van der Waals surface area contributed by atoms with Gasteiger partial charge in [-0.25, -0.2) is 0 Å². The minimum atomic E-state index is 0.923. The fourth-order valence-corrected chi connectivity index (χ4v) is 4.15. The predicted octanol–water partition coefficient (Wildman–Crippen LogP) is 6.09. The van der Waals surface area contributed by atoms with Crippen LogP contribution in [0.15, 0.2) is 35.9 Å². The fourth-order valence-electron chi connectivity index (χ4n) is 4.15. The third-order valence-electron chi connectivity index (χ3n) is 5.72. The molecule has 0 saturated heterocycles. The van der Waals surface area contributed by atoms with Gasteiger partial charge in [0, 0.05) is 0 Å². The third kappa shape index (κ3) is 3.99. The van der Waals surface area contributed by atoms with Crippen molar-refractivity contribution in [3.63, 3.8) is 0 Å². The molecule has 1 aromatic rings. The van der Waals surface area contributed by atoms with Gasteiger partial charge in [-0.05, 0) is 81.6 Å². The van der Waals surface area contributed by atoms with E-state index >= 15 is 0 Å². The molecule has 0 N–H and O–H groups in total. The van der Waals surface area contributed by atoms with Crippen LogP contribution < -0.4 is 0 Å². The van der Waals surface area contributed by atoms with Crippen LogP contribution in [0.1, 0.15) is 63.0 Å². The van der Waals surface area contributed by atoms with E-state index in [1.165, 1.54) is 62.5 Å². The van der Waals surface area contributed by atoms with Crippen LogP contribution in [0.25, 0.3) is 0 Å². The Morgan fingerprint density at radius 2 is 1.67 bits per heavy atom. The smallest absolute Gasteiger partial charge is 0.0203 e. The molecule has 1 fully saturated rings. The maximum Gasteiger partial charge on any atom is -0.0203 e. The Balaban J connectivity index is 1.50. The Bertz CT molecular complexity index is 471. The predicted molar refractivity (Wildman–Crippen MR) is 91.4 cm³/mol. The van der Waals surface area contributed by atoms with Gasteiger partial charge in [0.25, 0.3) is 0 Å². The van der Waals surface area contributed by atoms with Gasteiger partial charge in [-0.3, -0.25) is 0 Å². The van der Waals surface area contributed by atoms with Crippen molar-refractivity contribution in [3.05, 3.63) is 47.0 Å². The van der Waals surface area contributed by atoms with Crippen molar-refractivity contribution in [2.45, 2.75) is 65.2 Å². The van der Waals surface area contributed by atoms with Gasteiger partial charge in [0.2, 0.25) is 0 Å². The van der Waals surface area contributed by atoms with Crippen molar-refractivity contribution in [2.24, 2.45) is 17.8 Å². The monoisotopic (exact) mass is 282 g/mol. The molecule has 114 valence electrons. The van der Waals surface area contributed by atoms with Gasteiger partial charge in [-0.1, -0.05) is 48.4 Å².